The van der Waals surface area contributed by atoms with E-state index < -0.39 is 0 Å². The van der Waals surface area contributed by atoms with Crippen molar-refractivity contribution in [1.82, 2.24) is 14.8 Å². The number of likely N-dealkylation sites (tertiary alicyclic amines) is 1. The molecule has 3 aromatic rings. The van der Waals surface area contributed by atoms with Gasteiger partial charge in [0.15, 0.2) is 0 Å². The molecule has 1 fully saturated rings. The summed E-state index contributed by atoms with van der Waals surface area (Å²) in [7, 11) is 3.44. The molecule has 1 aliphatic rings. The summed E-state index contributed by atoms with van der Waals surface area (Å²) in [6, 6.07) is 15.4. The van der Waals surface area contributed by atoms with E-state index in [4.69, 9.17) is 4.98 Å². The van der Waals surface area contributed by atoms with Gasteiger partial charge in [-0.1, -0.05) is 18.6 Å². The molecule has 1 N–H and O–H groups in total. The minimum Gasteiger partial charge on any atom is -0.345 e. The quantitative estimate of drug-likeness (QED) is 0.670. The molecule has 1 aliphatic heterocycles. The number of amides is 2. The Kier molecular flexibility index (Phi) is 6.11. The number of piperidine rings is 1. The molecule has 2 amide bonds. The first kappa shape index (κ1) is 20.5. The molecule has 1 aromatic heterocycles. The molecule has 7 heteroatoms. The fourth-order valence-electron chi connectivity index (χ4n) is 3.83. The average molecular weight is 423 g/mol. The second-order valence-electron chi connectivity index (χ2n) is 7.83. The number of carbonyl (C=O) groups excluding carboxylic acids is 2. The molecule has 0 spiro atoms. The molecule has 0 aliphatic carbocycles. The summed E-state index contributed by atoms with van der Waals surface area (Å²) in [5.41, 5.74) is 2.33. The lowest BCUT2D eigenvalue weighted by Crippen LogP contribution is -2.39. The van der Waals surface area contributed by atoms with Crippen LogP contribution in [0.1, 0.15) is 40.7 Å². The van der Waals surface area contributed by atoms with Gasteiger partial charge < -0.3 is 10.2 Å². The first-order valence-corrected chi connectivity index (χ1v) is 11.0. The zero-order valence-electron chi connectivity index (χ0n) is 17.3. The van der Waals surface area contributed by atoms with Gasteiger partial charge in [0.1, 0.15) is 5.01 Å². The van der Waals surface area contributed by atoms with Crippen LogP contribution in [-0.4, -0.2) is 53.8 Å². The Morgan fingerprint density at radius 1 is 1.13 bits per heavy atom. The Balaban J connectivity index is 1.42. The van der Waals surface area contributed by atoms with E-state index in [1.165, 1.54) is 9.60 Å². The topological polar surface area (TPSA) is 65.5 Å². The number of benzene rings is 2. The first-order valence-electron chi connectivity index (χ1n) is 10.2. The summed E-state index contributed by atoms with van der Waals surface area (Å²) < 4.78 is 1.19. The summed E-state index contributed by atoms with van der Waals surface area (Å²) in [6.45, 7) is 1.23. The van der Waals surface area contributed by atoms with Crippen LogP contribution in [-0.2, 0) is 4.79 Å². The average Bonchev–Trinajstić information content (AvgIpc) is 3.18. The monoisotopic (exact) mass is 422 g/mol. The molecule has 1 atom stereocenters. The lowest BCUT2D eigenvalue weighted by molar-refractivity contribution is -0.118. The predicted octanol–water partition coefficient (Wildman–Crippen LogP) is 4.16. The number of thiazole rings is 1. The standard InChI is InChI=1S/C23H26N4O2S/c1-26(2)23(29)16-10-12-17(13-11-16)24-21(28)15-27-14-6-5-8-19(27)22-25-18-7-3-4-9-20(18)30-22/h3-4,7,9-13,19H,5-6,8,14-15H2,1-2H3,(H,24,28)/t19-/m1/s1. The maximum Gasteiger partial charge on any atom is 0.253 e. The zero-order chi connectivity index (χ0) is 21.1. The number of hydrogen-bond donors (Lipinski definition) is 1. The normalized spacial score (nSPS) is 17.1. The van der Waals surface area contributed by atoms with Gasteiger partial charge in [-0.2, -0.15) is 0 Å². The Morgan fingerprint density at radius 2 is 1.90 bits per heavy atom. The molecule has 2 heterocycles. The lowest BCUT2D eigenvalue weighted by Gasteiger charge is -2.33. The van der Waals surface area contributed by atoms with Crippen LogP contribution in [0.3, 0.4) is 0 Å². The fraction of sp³-hybridized carbons (Fsp3) is 0.348. The molecule has 4 rings (SSSR count). The number of para-hydroxylation sites is 1. The van der Waals surface area contributed by atoms with Crippen molar-refractivity contribution in [2.45, 2.75) is 25.3 Å². The molecule has 0 radical (unpaired) electrons. The second kappa shape index (κ2) is 8.93. The van der Waals surface area contributed by atoms with E-state index in [9.17, 15) is 9.59 Å². The Bertz CT molecular complexity index is 1010. The van der Waals surface area contributed by atoms with Gasteiger partial charge in [-0.05, 0) is 55.8 Å². The molecule has 156 valence electrons. The van der Waals surface area contributed by atoms with Crippen LogP contribution >= 0.6 is 11.3 Å². The van der Waals surface area contributed by atoms with Crippen LogP contribution in [0.2, 0.25) is 0 Å². The van der Waals surface area contributed by atoms with Gasteiger partial charge in [0, 0.05) is 25.3 Å². The van der Waals surface area contributed by atoms with Crippen LogP contribution in [0, 0.1) is 0 Å². The van der Waals surface area contributed by atoms with E-state index in [0.29, 0.717) is 17.8 Å². The number of hydrogen-bond acceptors (Lipinski definition) is 5. The van der Waals surface area contributed by atoms with Gasteiger partial charge in [0.2, 0.25) is 5.91 Å². The van der Waals surface area contributed by atoms with Gasteiger partial charge in [-0.25, -0.2) is 4.98 Å². The van der Waals surface area contributed by atoms with Crippen LogP contribution in [0.15, 0.2) is 48.5 Å². The third-order valence-electron chi connectivity index (χ3n) is 5.38. The fourth-order valence-corrected chi connectivity index (χ4v) is 4.97. The van der Waals surface area contributed by atoms with Crippen LogP contribution < -0.4 is 5.32 Å². The maximum absolute atomic E-state index is 12.7. The lowest BCUT2D eigenvalue weighted by atomic mass is 10.0. The van der Waals surface area contributed by atoms with E-state index in [2.05, 4.69) is 16.3 Å². The minimum atomic E-state index is -0.0557. The summed E-state index contributed by atoms with van der Waals surface area (Å²) in [4.78, 5) is 33.3. The highest BCUT2D eigenvalue weighted by molar-refractivity contribution is 7.18. The van der Waals surface area contributed by atoms with Crippen molar-refractivity contribution in [2.24, 2.45) is 0 Å². The number of fused-ring (bicyclic) bond motifs is 1. The highest BCUT2D eigenvalue weighted by Gasteiger charge is 2.28. The van der Waals surface area contributed by atoms with Gasteiger partial charge >= 0.3 is 0 Å². The SMILES string of the molecule is CN(C)C(=O)c1ccc(NC(=O)CN2CCCC[C@@H]2c2nc3ccccc3s2)cc1. The summed E-state index contributed by atoms with van der Waals surface area (Å²) in [6.07, 6.45) is 3.27. The highest BCUT2D eigenvalue weighted by atomic mass is 32.1. The van der Waals surface area contributed by atoms with Crippen LogP contribution in [0.25, 0.3) is 10.2 Å². The third kappa shape index (κ3) is 4.52. The molecule has 0 bridgehead atoms. The van der Waals surface area contributed by atoms with Crippen molar-refractivity contribution in [2.75, 3.05) is 32.5 Å². The maximum atomic E-state index is 12.7. The first-order chi connectivity index (χ1) is 14.5. The molecular formula is C23H26N4O2S. The van der Waals surface area contributed by atoms with E-state index >= 15 is 0 Å². The molecule has 1 saturated heterocycles. The summed E-state index contributed by atoms with van der Waals surface area (Å²) in [5.74, 6) is -0.102. The van der Waals surface area contributed by atoms with E-state index in [0.717, 1.165) is 36.3 Å². The van der Waals surface area contributed by atoms with Crippen molar-refractivity contribution in [3.05, 3.63) is 59.1 Å². The van der Waals surface area contributed by atoms with Gasteiger partial charge in [-0.15, -0.1) is 11.3 Å². The van der Waals surface area contributed by atoms with Gasteiger partial charge in [0.05, 0.1) is 22.8 Å². The second-order valence-corrected chi connectivity index (χ2v) is 8.89. The van der Waals surface area contributed by atoms with E-state index in [1.54, 1.807) is 49.7 Å². The number of carbonyl (C=O) groups is 2. The van der Waals surface area contributed by atoms with Crippen molar-refractivity contribution in [3.8, 4) is 0 Å². The van der Waals surface area contributed by atoms with Crippen molar-refractivity contribution in [3.63, 3.8) is 0 Å². The number of nitrogens with zero attached hydrogens (tertiary/aromatic N) is 3. The van der Waals surface area contributed by atoms with E-state index in [1.807, 2.05) is 18.2 Å². The van der Waals surface area contributed by atoms with E-state index in [-0.39, 0.29) is 17.9 Å². The van der Waals surface area contributed by atoms with Crippen molar-refractivity contribution < 1.29 is 9.59 Å². The Hall–Kier alpha value is -2.77. The van der Waals surface area contributed by atoms with Crippen LogP contribution in [0.5, 0.6) is 0 Å². The Labute approximate surface area is 180 Å². The number of rotatable bonds is 5. The zero-order valence-corrected chi connectivity index (χ0v) is 18.1. The molecule has 0 saturated carbocycles. The molecule has 0 unspecified atom stereocenters. The predicted molar refractivity (Wildman–Crippen MR) is 121 cm³/mol. The highest BCUT2D eigenvalue weighted by Crippen LogP contribution is 2.35. The Morgan fingerprint density at radius 3 is 2.63 bits per heavy atom. The van der Waals surface area contributed by atoms with Crippen molar-refractivity contribution in [1.29, 1.82) is 0 Å². The third-order valence-corrected chi connectivity index (χ3v) is 6.52. The van der Waals surface area contributed by atoms with Gasteiger partial charge in [0.25, 0.3) is 5.91 Å². The summed E-state index contributed by atoms with van der Waals surface area (Å²) >= 11 is 1.72. The molecule has 6 nitrogen and oxygen atoms in total. The van der Waals surface area contributed by atoms with Crippen LogP contribution in [0.4, 0.5) is 5.69 Å². The number of nitrogens with one attached hydrogen (secondary N) is 1. The van der Waals surface area contributed by atoms with Gasteiger partial charge in [-0.3, -0.25) is 14.5 Å². The summed E-state index contributed by atoms with van der Waals surface area (Å²) in [5, 5.41) is 4.05. The smallest absolute Gasteiger partial charge is 0.253 e. The van der Waals surface area contributed by atoms with Crippen molar-refractivity contribution >= 4 is 39.1 Å². The number of anilines is 1. The largest absolute Gasteiger partial charge is 0.345 e. The number of aromatic nitrogens is 1. The minimum absolute atomic E-state index is 0.0466. The molecule has 2 aromatic carbocycles. The molecular weight excluding hydrogens is 396 g/mol. The molecule has 30 heavy (non-hydrogen) atoms.